The predicted molar refractivity (Wildman–Crippen MR) is 61.5 cm³/mol. The molecule has 1 fully saturated rings. The highest BCUT2D eigenvalue weighted by Gasteiger charge is 2.19. The highest BCUT2D eigenvalue weighted by molar-refractivity contribution is 7.99. The Balaban J connectivity index is 2.25. The largest absolute Gasteiger partial charge is 0.314 e. The predicted octanol–water partition coefficient (Wildman–Crippen LogP) is 0.927. The summed E-state index contributed by atoms with van der Waals surface area (Å²) in [5.41, 5.74) is 0. The first-order valence-electron chi connectivity index (χ1n) is 5.30. The van der Waals surface area contributed by atoms with E-state index in [4.69, 9.17) is 5.26 Å². The second-order valence-corrected chi connectivity index (χ2v) is 4.81. The zero-order chi connectivity index (χ0) is 10.2. The van der Waals surface area contributed by atoms with Crippen molar-refractivity contribution in [2.24, 2.45) is 0 Å². The topological polar surface area (TPSA) is 39.1 Å². The van der Waals surface area contributed by atoms with Crippen molar-refractivity contribution in [3.05, 3.63) is 0 Å². The van der Waals surface area contributed by atoms with Crippen LogP contribution < -0.4 is 5.32 Å². The van der Waals surface area contributed by atoms with Crippen molar-refractivity contribution < 1.29 is 0 Å². The monoisotopic (exact) mass is 213 g/mol. The van der Waals surface area contributed by atoms with Gasteiger partial charge in [-0.1, -0.05) is 6.92 Å². The summed E-state index contributed by atoms with van der Waals surface area (Å²) in [6.45, 7) is 6.26. The first-order chi connectivity index (χ1) is 6.88. The third kappa shape index (κ3) is 3.87. The van der Waals surface area contributed by atoms with Crippen LogP contribution in [0.1, 0.15) is 13.3 Å². The molecule has 3 nitrogen and oxygen atoms in total. The molecule has 1 aliphatic rings. The van der Waals surface area contributed by atoms with Crippen molar-refractivity contribution >= 4 is 11.8 Å². The Labute approximate surface area is 90.8 Å². The van der Waals surface area contributed by atoms with Gasteiger partial charge < -0.3 is 5.32 Å². The van der Waals surface area contributed by atoms with Gasteiger partial charge in [0.05, 0.1) is 12.1 Å². The maximum atomic E-state index is 9.06. The number of nitrogens with one attached hydrogen (secondary N) is 1. The first-order valence-corrected chi connectivity index (χ1v) is 6.46. The van der Waals surface area contributed by atoms with Gasteiger partial charge in [0, 0.05) is 26.2 Å². The molecule has 0 bridgehead atoms. The van der Waals surface area contributed by atoms with Crippen LogP contribution in [0.3, 0.4) is 0 Å². The molecule has 1 aliphatic heterocycles. The van der Waals surface area contributed by atoms with Crippen molar-refractivity contribution in [1.82, 2.24) is 10.2 Å². The van der Waals surface area contributed by atoms with E-state index in [2.05, 4.69) is 23.2 Å². The maximum Gasteiger partial charge on any atom is 0.0986 e. The zero-order valence-electron chi connectivity index (χ0n) is 8.83. The number of nitriles is 1. The van der Waals surface area contributed by atoms with E-state index in [0.29, 0.717) is 0 Å². The fourth-order valence-corrected chi connectivity index (χ4v) is 2.34. The molecule has 1 heterocycles. The van der Waals surface area contributed by atoms with Gasteiger partial charge in [-0.2, -0.15) is 17.0 Å². The molecule has 1 rings (SSSR count). The summed E-state index contributed by atoms with van der Waals surface area (Å²) in [5.74, 6) is 2.26. The average Bonchev–Trinajstić information content (AvgIpc) is 2.26. The molecule has 1 saturated heterocycles. The molecule has 0 radical (unpaired) electrons. The number of nitrogens with zero attached hydrogens (tertiary/aromatic N) is 2. The van der Waals surface area contributed by atoms with Crippen LogP contribution in [-0.2, 0) is 0 Å². The van der Waals surface area contributed by atoms with Crippen LogP contribution in [0.4, 0.5) is 0 Å². The molecule has 1 atom stereocenters. The lowest BCUT2D eigenvalue weighted by Gasteiger charge is -2.30. The first kappa shape index (κ1) is 11.8. The quantitative estimate of drug-likeness (QED) is 0.690. The van der Waals surface area contributed by atoms with Crippen LogP contribution >= 0.6 is 11.8 Å². The summed E-state index contributed by atoms with van der Waals surface area (Å²) in [7, 11) is 0. The molecule has 0 aromatic rings. The van der Waals surface area contributed by atoms with E-state index in [9.17, 15) is 0 Å². The molecule has 14 heavy (non-hydrogen) atoms. The summed E-state index contributed by atoms with van der Waals surface area (Å²) < 4.78 is 0. The number of piperazine rings is 1. The third-order valence-electron chi connectivity index (χ3n) is 2.48. The van der Waals surface area contributed by atoms with Crippen molar-refractivity contribution in [3.63, 3.8) is 0 Å². The normalized spacial score (nSPS) is 20.3. The van der Waals surface area contributed by atoms with E-state index >= 15 is 0 Å². The fourth-order valence-electron chi connectivity index (χ4n) is 1.66. The fraction of sp³-hybridized carbons (Fsp3) is 0.900. The van der Waals surface area contributed by atoms with Crippen molar-refractivity contribution in [2.75, 3.05) is 37.7 Å². The molecule has 0 aliphatic carbocycles. The number of hydrogen-bond acceptors (Lipinski definition) is 4. The van der Waals surface area contributed by atoms with Crippen LogP contribution in [0.15, 0.2) is 0 Å². The Morgan fingerprint density at radius 1 is 1.50 bits per heavy atom. The summed E-state index contributed by atoms with van der Waals surface area (Å²) >= 11 is 1.92. The molecule has 0 aromatic heterocycles. The molecule has 1 unspecified atom stereocenters. The van der Waals surface area contributed by atoms with Crippen LogP contribution in [0.5, 0.6) is 0 Å². The van der Waals surface area contributed by atoms with Gasteiger partial charge in [-0.15, -0.1) is 0 Å². The molecule has 1 N–H and O–H groups in total. The van der Waals surface area contributed by atoms with Crippen molar-refractivity contribution in [2.45, 2.75) is 19.4 Å². The summed E-state index contributed by atoms with van der Waals surface area (Å²) in [4.78, 5) is 2.30. The standard InChI is InChI=1S/C10H19N3S/c1-2-14-8-3-10(9-11)13-6-4-12-5-7-13/h10,12H,2-8H2,1H3. The second-order valence-electron chi connectivity index (χ2n) is 3.42. The Morgan fingerprint density at radius 3 is 2.79 bits per heavy atom. The maximum absolute atomic E-state index is 9.06. The van der Waals surface area contributed by atoms with Gasteiger partial charge in [-0.3, -0.25) is 4.90 Å². The van der Waals surface area contributed by atoms with Gasteiger partial charge in [0.2, 0.25) is 0 Å². The minimum Gasteiger partial charge on any atom is -0.314 e. The molecule has 4 heteroatoms. The van der Waals surface area contributed by atoms with Gasteiger partial charge in [-0.25, -0.2) is 0 Å². The lowest BCUT2D eigenvalue weighted by Crippen LogP contribution is -2.48. The Bertz CT molecular complexity index is 184. The molecule has 80 valence electrons. The lowest BCUT2D eigenvalue weighted by molar-refractivity contribution is 0.203. The SMILES string of the molecule is CCSCCC(C#N)N1CCNCC1. The minimum atomic E-state index is 0.135. The molecule has 0 amide bonds. The molecular weight excluding hydrogens is 194 g/mol. The van der Waals surface area contributed by atoms with E-state index in [-0.39, 0.29) is 6.04 Å². The van der Waals surface area contributed by atoms with E-state index in [1.165, 1.54) is 0 Å². The van der Waals surface area contributed by atoms with Crippen molar-refractivity contribution in [1.29, 1.82) is 5.26 Å². The second kappa shape index (κ2) is 7.10. The molecule has 0 aromatic carbocycles. The van der Waals surface area contributed by atoms with Crippen LogP contribution in [0, 0.1) is 11.3 Å². The minimum absolute atomic E-state index is 0.135. The average molecular weight is 213 g/mol. The van der Waals surface area contributed by atoms with Crippen LogP contribution in [-0.4, -0.2) is 48.6 Å². The van der Waals surface area contributed by atoms with E-state index in [0.717, 1.165) is 44.1 Å². The summed E-state index contributed by atoms with van der Waals surface area (Å²) in [6.07, 6.45) is 1.01. The van der Waals surface area contributed by atoms with Crippen LogP contribution in [0.2, 0.25) is 0 Å². The van der Waals surface area contributed by atoms with Crippen molar-refractivity contribution in [3.8, 4) is 6.07 Å². The van der Waals surface area contributed by atoms with E-state index < -0.39 is 0 Å². The van der Waals surface area contributed by atoms with E-state index in [1.807, 2.05) is 11.8 Å². The Morgan fingerprint density at radius 2 is 2.21 bits per heavy atom. The Hall–Kier alpha value is -0.240. The molecular formula is C10H19N3S. The van der Waals surface area contributed by atoms with Gasteiger partial charge >= 0.3 is 0 Å². The number of hydrogen-bond donors (Lipinski definition) is 1. The Kier molecular flexibility index (Phi) is 6.00. The zero-order valence-corrected chi connectivity index (χ0v) is 9.65. The smallest absolute Gasteiger partial charge is 0.0986 e. The lowest BCUT2D eigenvalue weighted by atomic mass is 10.2. The van der Waals surface area contributed by atoms with E-state index in [1.54, 1.807) is 0 Å². The summed E-state index contributed by atoms with van der Waals surface area (Å²) in [6, 6.07) is 2.55. The van der Waals surface area contributed by atoms with Gasteiger partial charge in [0.1, 0.15) is 0 Å². The third-order valence-corrected chi connectivity index (χ3v) is 3.41. The molecule has 0 spiro atoms. The van der Waals surface area contributed by atoms with Crippen LogP contribution in [0.25, 0.3) is 0 Å². The summed E-state index contributed by atoms with van der Waals surface area (Å²) in [5, 5.41) is 12.4. The van der Waals surface area contributed by atoms with Gasteiger partial charge in [0.25, 0.3) is 0 Å². The highest BCUT2D eigenvalue weighted by atomic mass is 32.2. The van der Waals surface area contributed by atoms with Gasteiger partial charge in [0.15, 0.2) is 0 Å². The number of thioether (sulfide) groups is 1. The molecule has 0 saturated carbocycles. The number of rotatable bonds is 5. The highest BCUT2D eigenvalue weighted by Crippen LogP contribution is 2.09. The van der Waals surface area contributed by atoms with Gasteiger partial charge in [-0.05, 0) is 17.9 Å².